The van der Waals surface area contributed by atoms with Crippen molar-refractivity contribution in [2.24, 2.45) is 56.7 Å². The predicted octanol–water partition coefficient (Wildman–Crippen LogP) is 8.21. The van der Waals surface area contributed by atoms with Crippen LogP contribution in [0.2, 0.25) is 0 Å². The van der Waals surface area contributed by atoms with E-state index in [9.17, 15) is 4.79 Å². The largest absolute Gasteiger partial charge is 0.462 e. The molecule has 0 aromatic rings. The second-order valence-corrected chi connectivity index (χ2v) is 14.8. The topological polar surface area (TPSA) is 26.3 Å². The van der Waals surface area contributed by atoms with E-state index >= 15 is 0 Å². The van der Waals surface area contributed by atoms with Crippen LogP contribution in [0.25, 0.3) is 0 Å². The molecule has 2 heteroatoms. The summed E-state index contributed by atoms with van der Waals surface area (Å²) in [4.78, 5) is 11.9. The molecular weight excluding hydrogens is 404 g/mol. The lowest BCUT2D eigenvalue weighted by Crippen LogP contribution is -2.67. The molecule has 33 heavy (non-hydrogen) atoms. The molecule has 0 aromatic carbocycles. The van der Waals surface area contributed by atoms with Gasteiger partial charge >= 0.3 is 5.97 Å². The summed E-state index contributed by atoms with van der Waals surface area (Å²) in [5.74, 6) is 3.77. The van der Waals surface area contributed by atoms with Crippen molar-refractivity contribution in [2.45, 2.75) is 119 Å². The van der Waals surface area contributed by atoms with Crippen LogP contribution in [0.4, 0.5) is 0 Å². The van der Waals surface area contributed by atoms with Crippen LogP contribution in [0.1, 0.15) is 113 Å². The first-order valence-corrected chi connectivity index (χ1v) is 14.1. The average molecular weight is 455 g/mol. The Morgan fingerprint density at radius 2 is 1.58 bits per heavy atom. The van der Waals surface area contributed by atoms with Crippen LogP contribution in [0, 0.1) is 56.7 Å². The van der Waals surface area contributed by atoms with Gasteiger partial charge in [0.2, 0.25) is 0 Å². The molecule has 186 valence electrons. The first-order valence-electron chi connectivity index (χ1n) is 14.1. The molecule has 2 nitrogen and oxygen atoms in total. The smallest absolute Gasteiger partial charge is 0.302 e. The van der Waals surface area contributed by atoms with Gasteiger partial charge in [0.15, 0.2) is 0 Å². The van der Waals surface area contributed by atoms with E-state index in [1.165, 1.54) is 51.4 Å². The van der Waals surface area contributed by atoms with E-state index in [2.05, 4.69) is 60.6 Å². The molecule has 0 saturated heterocycles. The fourth-order valence-corrected chi connectivity index (χ4v) is 11.5. The van der Waals surface area contributed by atoms with Gasteiger partial charge in [0.1, 0.15) is 6.10 Å². The third-order valence-corrected chi connectivity index (χ3v) is 13.2. The van der Waals surface area contributed by atoms with E-state index in [-0.39, 0.29) is 17.5 Å². The van der Waals surface area contributed by atoms with Gasteiger partial charge < -0.3 is 4.74 Å². The van der Waals surface area contributed by atoms with Crippen molar-refractivity contribution in [3.8, 4) is 0 Å². The van der Waals surface area contributed by atoms with Crippen LogP contribution >= 0.6 is 0 Å². The molecule has 0 N–H and O–H groups in total. The fraction of sp³-hybridized carbons (Fsp3) is 0.903. The van der Waals surface area contributed by atoms with E-state index in [1.54, 1.807) is 6.92 Å². The molecule has 0 radical (unpaired) electrons. The molecule has 0 heterocycles. The number of carbonyl (C=O) groups is 1. The SMILES string of the molecule is CC(=O)OC1CCC2(C)C(CCC3(C)C2CCC2C4C(C)C=CCC4(C)CCC23C)C1(C)C. The van der Waals surface area contributed by atoms with Crippen LogP contribution in [0.15, 0.2) is 12.2 Å². The number of hydrogen-bond donors (Lipinski definition) is 0. The molecule has 5 aliphatic rings. The van der Waals surface area contributed by atoms with Crippen LogP contribution < -0.4 is 0 Å². The number of allylic oxidation sites excluding steroid dienone is 2. The molecule has 5 rings (SSSR count). The number of fused-ring (bicyclic) bond motifs is 7. The number of carbonyl (C=O) groups excluding carboxylic acids is 1. The van der Waals surface area contributed by atoms with Gasteiger partial charge in [-0.05, 0) is 109 Å². The highest BCUT2D eigenvalue weighted by atomic mass is 16.5. The van der Waals surface area contributed by atoms with Gasteiger partial charge in [0.25, 0.3) is 0 Å². The van der Waals surface area contributed by atoms with Crippen LogP contribution in [0.5, 0.6) is 0 Å². The molecule has 10 atom stereocenters. The standard InChI is InChI=1S/C31H50O2/c1-20-10-9-15-28(5)18-19-30(7)22(26(20)28)11-12-24-29(6)16-14-25(33-21(2)32)27(3,4)23(29)13-17-31(24,30)8/h9-10,20,22-26H,11-19H2,1-8H3. The van der Waals surface area contributed by atoms with Crippen molar-refractivity contribution in [1.29, 1.82) is 0 Å². The van der Waals surface area contributed by atoms with Crippen molar-refractivity contribution in [3.63, 3.8) is 0 Å². The molecule has 0 aliphatic heterocycles. The lowest BCUT2D eigenvalue weighted by atomic mass is 9.31. The Hall–Kier alpha value is -0.790. The Balaban J connectivity index is 1.50. The summed E-state index contributed by atoms with van der Waals surface area (Å²) in [5, 5.41) is 0. The molecule has 10 unspecified atom stereocenters. The molecule has 0 aromatic heterocycles. The van der Waals surface area contributed by atoms with Crippen LogP contribution in [-0.2, 0) is 9.53 Å². The van der Waals surface area contributed by atoms with Gasteiger partial charge in [-0.3, -0.25) is 4.79 Å². The molecule has 5 aliphatic carbocycles. The Labute approximate surface area is 203 Å². The van der Waals surface area contributed by atoms with Crippen molar-refractivity contribution in [2.75, 3.05) is 0 Å². The Morgan fingerprint density at radius 3 is 2.27 bits per heavy atom. The first-order chi connectivity index (χ1) is 15.3. The summed E-state index contributed by atoms with van der Waals surface area (Å²) < 4.78 is 5.90. The van der Waals surface area contributed by atoms with Gasteiger partial charge in [0.05, 0.1) is 0 Å². The normalized spacial score (nSPS) is 54.9. The van der Waals surface area contributed by atoms with Crippen molar-refractivity contribution in [1.82, 2.24) is 0 Å². The zero-order chi connectivity index (χ0) is 24.0. The number of hydrogen-bond acceptors (Lipinski definition) is 2. The molecule has 0 spiro atoms. The maximum absolute atomic E-state index is 11.9. The van der Waals surface area contributed by atoms with Gasteiger partial charge in [-0.2, -0.15) is 0 Å². The maximum atomic E-state index is 11.9. The van der Waals surface area contributed by atoms with Gasteiger partial charge in [0, 0.05) is 12.3 Å². The molecular formula is C31H50O2. The van der Waals surface area contributed by atoms with Gasteiger partial charge in [-0.1, -0.05) is 60.6 Å². The summed E-state index contributed by atoms with van der Waals surface area (Å²) >= 11 is 0. The highest BCUT2D eigenvalue weighted by molar-refractivity contribution is 5.66. The summed E-state index contributed by atoms with van der Waals surface area (Å²) in [6.07, 6.45) is 17.0. The Bertz CT molecular complexity index is 842. The second kappa shape index (κ2) is 7.36. The van der Waals surface area contributed by atoms with E-state index < -0.39 is 0 Å². The Kier molecular flexibility index (Phi) is 5.34. The van der Waals surface area contributed by atoms with Gasteiger partial charge in [-0.25, -0.2) is 0 Å². The highest BCUT2D eigenvalue weighted by Gasteiger charge is 2.69. The summed E-state index contributed by atoms with van der Waals surface area (Å²) in [7, 11) is 0. The van der Waals surface area contributed by atoms with Crippen molar-refractivity contribution in [3.05, 3.63) is 12.2 Å². The molecule has 0 amide bonds. The monoisotopic (exact) mass is 454 g/mol. The first kappa shape index (κ1) is 23.9. The Morgan fingerprint density at radius 1 is 0.848 bits per heavy atom. The molecule has 4 saturated carbocycles. The predicted molar refractivity (Wildman–Crippen MR) is 136 cm³/mol. The van der Waals surface area contributed by atoms with Crippen LogP contribution in [-0.4, -0.2) is 12.1 Å². The third-order valence-electron chi connectivity index (χ3n) is 13.2. The van der Waals surface area contributed by atoms with E-state index in [4.69, 9.17) is 4.74 Å². The number of ether oxygens (including phenoxy) is 1. The minimum Gasteiger partial charge on any atom is -0.462 e. The fourth-order valence-electron chi connectivity index (χ4n) is 11.5. The maximum Gasteiger partial charge on any atom is 0.302 e. The third kappa shape index (κ3) is 3.07. The summed E-state index contributed by atoms with van der Waals surface area (Å²) in [6.45, 7) is 19.6. The quantitative estimate of drug-likeness (QED) is 0.295. The van der Waals surface area contributed by atoms with Crippen molar-refractivity contribution >= 4 is 5.97 Å². The summed E-state index contributed by atoms with van der Waals surface area (Å²) in [6, 6.07) is 0. The highest BCUT2D eigenvalue weighted by Crippen LogP contribution is 2.76. The second-order valence-electron chi connectivity index (χ2n) is 14.8. The zero-order valence-corrected chi connectivity index (χ0v) is 22.8. The molecule has 4 fully saturated rings. The van der Waals surface area contributed by atoms with Gasteiger partial charge in [-0.15, -0.1) is 0 Å². The minimum absolute atomic E-state index is 0.0611. The zero-order valence-electron chi connectivity index (χ0n) is 22.8. The van der Waals surface area contributed by atoms with Crippen molar-refractivity contribution < 1.29 is 9.53 Å². The average Bonchev–Trinajstić information content (AvgIpc) is 2.71. The lowest BCUT2D eigenvalue weighted by Gasteiger charge is -2.73. The summed E-state index contributed by atoms with van der Waals surface area (Å²) in [5.41, 5.74) is 1.80. The van der Waals surface area contributed by atoms with E-state index in [1.807, 2.05) is 0 Å². The van der Waals surface area contributed by atoms with E-state index in [0.29, 0.717) is 27.6 Å². The number of rotatable bonds is 1. The lowest BCUT2D eigenvalue weighted by molar-refractivity contribution is -0.252. The van der Waals surface area contributed by atoms with Crippen LogP contribution in [0.3, 0.4) is 0 Å². The molecule has 0 bridgehead atoms. The minimum atomic E-state index is -0.105. The number of esters is 1. The van der Waals surface area contributed by atoms with E-state index in [0.717, 1.165) is 30.1 Å².